The van der Waals surface area contributed by atoms with Gasteiger partial charge in [-0.2, -0.15) is 9.78 Å². The predicted molar refractivity (Wildman–Crippen MR) is 106 cm³/mol. The average molecular weight is 402 g/mol. The van der Waals surface area contributed by atoms with Gasteiger partial charge in [-0.3, -0.25) is 9.69 Å². The fraction of sp³-hybridized carbons (Fsp3) is 0.526. The van der Waals surface area contributed by atoms with Gasteiger partial charge in [0.2, 0.25) is 0 Å². The summed E-state index contributed by atoms with van der Waals surface area (Å²) in [5, 5.41) is 7.35. The highest BCUT2D eigenvalue weighted by Crippen LogP contribution is 2.15. The lowest BCUT2D eigenvalue weighted by Crippen LogP contribution is -3.15. The Hall–Kier alpha value is -3.01. The molecular formula is C19H28N7O3+. The molecule has 0 unspecified atom stereocenters. The van der Waals surface area contributed by atoms with Gasteiger partial charge in [0.05, 0.1) is 38.5 Å². The molecule has 10 nitrogen and oxygen atoms in total. The highest BCUT2D eigenvalue weighted by Gasteiger charge is 2.26. The molecule has 1 saturated heterocycles. The molecule has 0 atom stereocenters. The van der Waals surface area contributed by atoms with Crippen molar-refractivity contribution in [3.05, 3.63) is 29.2 Å². The molecule has 156 valence electrons. The lowest BCUT2D eigenvalue weighted by Gasteiger charge is -2.31. The van der Waals surface area contributed by atoms with Gasteiger partial charge in [0.1, 0.15) is 5.82 Å². The molecule has 0 spiro atoms. The molecule has 1 fully saturated rings. The topological polar surface area (TPSA) is 107 Å². The number of aromatic nitrogens is 4. The summed E-state index contributed by atoms with van der Waals surface area (Å²) >= 11 is 0. The van der Waals surface area contributed by atoms with E-state index in [1.54, 1.807) is 22.6 Å². The molecule has 0 radical (unpaired) electrons. The summed E-state index contributed by atoms with van der Waals surface area (Å²) < 4.78 is 6.58. The molecule has 0 aliphatic carbocycles. The summed E-state index contributed by atoms with van der Waals surface area (Å²) in [7, 11) is 0. The van der Waals surface area contributed by atoms with E-state index in [1.165, 1.54) is 0 Å². The lowest BCUT2D eigenvalue weighted by molar-refractivity contribution is -0.895. The average Bonchev–Trinajstić information content (AvgIpc) is 3.01. The quantitative estimate of drug-likeness (QED) is 0.722. The van der Waals surface area contributed by atoms with Crippen LogP contribution in [0.15, 0.2) is 12.1 Å². The first-order valence-corrected chi connectivity index (χ1v) is 9.80. The molecule has 0 saturated carbocycles. The molecular weight excluding hydrogens is 374 g/mol. The smallest absolute Gasteiger partial charge is 0.410 e. The van der Waals surface area contributed by atoms with Crippen molar-refractivity contribution in [1.82, 2.24) is 24.6 Å². The summed E-state index contributed by atoms with van der Waals surface area (Å²) in [6, 6.07) is 3.68. The van der Waals surface area contributed by atoms with E-state index in [9.17, 15) is 9.59 Å². The SMILES string of the molecule is CCOC(=O)N1CC[NH+](CC(=O)Nc2cc(C)nn2-c2nc(C)cc(C)n2)CC1. The Labute approximate surface area is 169 Å². The zero-order chi connectivity index (χ0) is 21.0. The fourth-order valence-electron chi connectivity index (χ4n) is 3.35. The standard InChI is InChI=1S/C19H27N7O3/c1-5-29-19(28)25-8-6-24(7-9-25)12-17(27)22-16-11-15(4)23-26(16)18-20-13(2)10-14(3)21-18/h10-11H,5-9,12H2,1-4H3,(H,22,27)/p+1. The normalized spacial score (nSPS) is 14.7. The van der Waals surface area contributed by atoms with Crippen molar-refractivity contribution in [3.63, 3.8) is 0 Å². The number of rotatable bonds is 5. The van der Waals surface area contributed by atoms with Gasteiger partial charge < -0.3 is 15.0 Å². The van der Waals surface area contributed by atoms with Crippen molar-refractivity contribution in [2.75, 3.05) is 44.6 Å². The minimum atomic E-state index is -0.288. The van der Waals surface area contributed by atoms with Crippen molar-refractivity contribution in [2.45, 2.75) is 27.7 Å². The van der Waals surface area contributed by atoms with Gasteiger partial charge in [0.25, 0.3) is 11.9 Å². The third-order valence-corrected chi connectivity index (χ3v) is 4.67. The second-order valence-corrected chi connectivity index (χ2v) is 7.19. The number of aryl methyl sites for hydroxylation is 3. The Bertz CT molecular complexity index is 868. The van der Waals surface area contributed by atoms with Crippen LogP contribution in [0.4, 0.5) is 10.6 Å². The number of nitrogens with zero attached hydrogens (tertiary/aromatic N) is 5. The van der Waals surface area contributed by atoms with Crippen LogP contribution < -0.4 is 10.2 Å². The van der Waals surface area contributed by atoms with Crippen molar-refractivity contribution in [2.24, 2.45) is 0 Å². The molecule has 1 aliphatic heterocycles. The maximum Gasteiger partial charge on any atom is 0.410 e. The number of piperazine rings is 1. The van der Waals surface area contributed by atoms with E-state index < -0.39 is 0 Å². The third kappa shape index (κ3) is 5.29. The van der Waals surface area contributed by atoms with Crippen molar-refractivity contribution < 1.29 is 19.2 Å². The van der Waals surface area contributed by atoms with Gasteiger partial charge in [0, 0.05) is 17.5 Å². The zero-order valence-corrected chi connectivity index (χ0v) is 17.4. The summed E-state index contributed by atoms with van der Waals surface area (Å²) in [6.07, 6.45) is -0.288. The first kappa shape index (κ1) is 20.7. The maximum atomic E-state index is 12.6. The Balaban J connectivity index is 1.61. The molecule has 2 aromatic rings. The van der Waals surface area contributed by atoms with Gasteiger partial charge >= 0.3 is 6.09 Å². The second-order valence-electron chi connectivity index (χ2n) is 7.19. The molecule has 2 amide bonds. The summed E-state index contributed by atoms with van der Waals surface area (Å²) in [4.78, 5) is 36.0. The first-order valence-electron chi connectivity index (χ1n) is 9.80. The molecule has 3 rings (SSSR count). The van der Waals surface area contributed by atoms with Crippen molar-refractivity contribution in [3.8, 4) is 5.95 Å². The van der Waals surface area contributed by atoms with Gasteiger partial charge in [-0.15, -0.1) is 0 Å². The van der Waals surface area contributed by atoms with E-state index in [4.69, 9.17) is 4.74 Å². The summed E-state index contributed by atoms with van der Waals surface area (Å²) in [5.74, 6) is 0.860. The van der Waals surface area contributed by atoms with E-state index in [1.807, 2.05) is 26.8 Å². The summed E-state index contributed by atoms with van der Waals surface area (Å²) in [5.41, 5.74) is 2.43. The molecule has 2 N–H and O–H groups in total. The van der Waals surface area contributed by atoms with E-state index >= 15 is 0 Å². The third-order valence-electron chi connectivity index (χ3n) is 4.67. The number of anilines is 1. The minimum Gasteiger partial charge on any atom is -0.450 e. The molecule has 1 aliphatic rings. The highest BCUT2D eigenvalue weighted by molar-refractivity contribution is 5.90. The molecule has 10 heteroatoms. The lowest BCUT2D eigenvalue weighted by atomic mass is 10.3. The van der Waals surface area contributed by atoms with E-state index in [0.717, 1.165) is 22.0 Å². The number of carbonyl (C=O) groups excluding carboxylic acids is 2. The number of nitrogens with one attached hydrogen (secondary N) is 2. The van der Waals surface area contributed by atoms with E-state index in [2.05, 4.69) is 20.4 Å². The zero-order valence-electron chi connectivity index (χ0n) is 17.4. The van der Waals surface area contributed by atoms with Gasteiger partial charge in [-0.05, 0) is 33.8 Å². The van der Waals surface area contributed by atoms with E-state index in [-0.39, 0.29) is 12.0 Å². The Morgan fingerprint density at radius 2 is 1.76 bits per heavy atom. The fourth-order valence-corrected chi connectivity index (χ4v) is 3.35. The van der Waals surface area contributed by atoms with Gasteiger partial charge in [0.15, 0.2) is 6.54 Å². The van der Waals surface area contributed by atoms with Crippen LogP contribution >= 0.6 is 0 Å². The van der Waals surface area contributed by atoms with Crippen LogP contribution in [0.5, 0.6) is 0 Å². The predicted octanol–water partition coefficient (Wildman–Crippen LogP) is -0.117. The van der Waals surface area contributed by atoms with Crippen LogP contribution in [0.25, 0.3) is 5.95 Å². The Morgan fingerprint density at radius 1 is 1.10 bits per heavy atom. The Kier molecular flexibility index (Phi) is 6.42. The number of amides is 2. The van der Waals surface area contributed by atoms with Crippen molar-refractivity contribution in [1.29, 1.82) is 0 Å². The van der Waals surface area contributed by atoms with Crippen molar-refractivity contribution >= 4 is 17.8 Å². The summed E-state index contributed by atoms with van der Waals surface area (Å²) in [6.45, 7) is 10.7. The second kappa shape index (κ2) is 8.99. The van der Waals surface area contributed by atoms with Gasteiger partial charge in [-0.25, -0.2) is 14.8 Å². The number of hydrogen-bond donors (Lipinski definition) is 2. The number of quaternary nitrogens is 1. The van der Waals surface area contributed by atoms with Crippen LogP contribution in [0.1, 0.15) is 24.0 Å². The van der Waals surface area contributed by atoms with E-state index in [0.29, 0.717) is 51.1 Å². The van der Waals surface area contributed by atoms with Crippen LogP contribution in [-0.2, 0) is 9.53 Å². The molecule has 2 aromatic heterocycles. The molecule has 29 heavy (non-hydrogen) atoms. The monoisotopic (exact) mass is 402 g/mol. The highest BCUT2D eigenvalue weighted by atomic mass is 16.6. The largest absolute Gasteiger partial charge is 0.450 e. The number of hydrogen-bond acceptors (Lipinski definition) is 6. The number of carbonyl (C=O) groups is 2. The van der Waals surface area contributed by atoms with Crippen LogP contribution in [0.3, 0.4) is 0 Å². The first-order chi connectivity index (χ1) is 13.9. The maximum absolute atomic E-state index is 12.6. The van der Waals surface area contributed by atoms with Crippen LogP contribution in [0, 0.1) is 20.8 Å². The molecule has 0 bridgehead atoms. The molecule has 3 heterocycles. The number of ether oxygens (including phenoxy) is 1. The van der Waals surface area contributed by atoms with Crippen LogP contribution in [0.2, 0.25) is 0 Å². The van der Waals surface area contributed by atoms with Crippen LogP contribution in [-0.4, -0.2) is 76.0 Å². The Morgan fingerprint density at radius 3 is 2.38 bits per heavy atom. The van der Waals surface area contributed by atoms with Gasteiger partial charge in [-0.1, -0.05) is 0 Å². The molecule has 0 aromatic carbocycles. The minimum absolute atomic E-state index is 0.116.